The van der Waals surface area contributed by atoms with Gasteiger partial charge in [0.15, 0.2) is 17.5 Å². The molecular formula is C13H20O11. The predicted molar refractivity (Wildman–Crippen MR) is 72.5 cm³/mol. The SMILES string of the molecule is C[C@]1(O)O[C@H](C(O)C(=O)CCC(C(=O)O)C(=O)O)[C@@H](O)[C@H](O)[C@H]1O. The average molecular weight is 352 g/mol. The zero-order chi connectivity index (χ0) is 18.8. The highest BCUT2D eigenvalue weighted by Gasteiger charge is 2.53. The molecular weight excluding hydrogens is 332 g/mol. The molecule has 138 valence electrons. The molecule has 0 aliphatic carbocycles. The topological polar surface area (TPSA) is 202 Å². The monoisotopic (exact) mass is 352 g/mol. The number of carbonyl (C=O) groups excluding carboxylic acids is 1. The molecule has 0 aromatic heterocycles. The maximum atomic E-state index is 11.9. The highest BCUT2D eigenvalue weighted by atomic mass is 16.7. The van der Waals surface area contributed by atoms with Crippen molar-refractivity contribution >= 4 is 17.7 Å². The third-order valence-corrected chi connectivity index (χ3v) is 3.85. The molecule has 1 saturated heterocycles. The van der Waals surface area contributed by atoms with Gasteiger partial charge in [0.25, 0.3) is 0 Å². The zero-order valence-corrected chi connectivity index (χ0v) is 12.6. The summed E-state index contributed by atoms with van der Waals surface area (Å²) in [6, 6.07) is 0. The van der Waals surface area contributed by atoms with Crippen LogP contribution >= 0.6 is 0 Å². The molecule has 0 radical (unpaired) electrons. The molecule has 1 rings (SSSR count). The van der Waals surface area contributed by atoms with Gasteiger partial charge in [-0.2, -0.15) is 0 Å². The van der Waals surface area contributed by atoms with E-state index in [-0.39, 0.29) is 0 Å². The number of Topliss-reactive ketones (excluding diaryl/α,β-unsaturated/α-hetero) is 1. The van der Waals surface area contributed by atoms with Gasteiger partial charge in [-0.3, -0.25) is 14.4 Å². The number of ketones is 1. The van der Waals surface area contributed by atoms with E-state index >= 15 is 0 Å². The van der Waals surface area contributed by atoms with E-state index in [4.69, 9.17) is 14.9 Å². The van der Waals surface area contributed by atoms with Crippen LogP contribution in [0.25, 0.3) is 0 Å². The lowest BCUT2D eigenvalue weighted by molar-refractivity contribution is -0.346. The van der Waals surface area contributed by atoms with Crippen LogP contribution in [0.4, 0.5) is 0 Å². The lowest BCUT2D eigenvalue weighted by Gasteiger charge is -2.45. The van der Waals surface area contributed by atoms with Crippen molar-refractivity contribution in [3.05, 3.63) is 0 Å². The number of carboxylic acid groups (broad SMARTS) is 2. The van der Waals surface area contributed by atoms with Crippen molar-refractivity contribution in [3.63, 3.8) is 0 Å². The Kier molecular flexibility index (Phi) is 6.38. The molecule has 0 spiro atoms. The first-order valence-electron chi connectivity index (χ1n) is 7.01. The smallest absolute Gasteiger partial charge is 0.317 e. The van der Waals surface area contributed by atoms with Crippen LogP contribution in [-0.4, -0.2) is 89.8 Å². The van der Waals surface area contributed by atoms with Gasteiger partial charge in [-0.1, -0.05) is 0 Å². The standard InChI is InChI=1S/C13H20O11/c1-13(23)10(18)8(17)7(16)9(24-13)6(15)5(14)3-2-4(11(19)20)12(21)22/h4,6-10,15-18,23H,2-3H2,1H3,(H,19,20)(H,21,22)/t6?,7-,8-,9+,10+,13-/m0/s1. The first-order chi connectivity index (χ1) is 10.9. The van der Waals surface area contributed by atoms with Crippen LogP contribution in [0, 0.1) is 5.92 Å². The Balaban J connectivity index is 2.78. The molecule has 0 amide bonds. The van der Waals surface area contributed by atoms with Crippen molar-refractivity contribution in [1.82, 2.24) is 0 Å². The van der Waals surface area contributed by atoms with Crippen LogP contribution in [0.3, 0.4) is 0 Å². The van der Waals surface area contributed by atoms with Crippen LogP contribution in [-0.2, 0) is 19.1 Å². The normalized spacial score (nSPS) is 34.8. The van der Waals surface area contributed by atoms with E-state index in [1.165, 1.54) is 0 Å². The fraction of sp³-hybridized carbons (Fsp3) is 0.769. The summed E-state index contributed by atoms with van der Waals surface area (Å²) in [5, 5.41) is 66.0. The number of aliphatic hydroxyl groups excluding tert-OH is 4. The summed E-state index contributed by atoms with van der Waals surface area (Å²) in [4.78, 5) is 33.3. The number of hydrogen-bond donors (Lipinski definition) is 7. The van der Waals surface area contributed by atoms with E-state index in [0.29, 0.717) is 0 Å². The summed E-state index contributed by atoms with van der Waals surface area (Å²) in [6.07, 6.45) is -10.8. The van der Waals surface area contributed by atoms with Gasteiger partial charge in [0.2, 0.25) is 0 Å². The van der Waals surface area contributed by atoms with Crippen molar-refractivity contribution in [3.8, 4) is 0 Å². The molecule has 1 aliphatic heterocycles. The van der Waals surface area contributed by atoms with E-state index in [9.17, 15) is 39.9 Å². The Morgan fingerprint density at radius 3 is 2.04 bits per heavy atom. The summed E-state index contributed by atoms with van der Waals surface area (Å²) in [5.74, 6) is -8.56. The van der Waals surface area contributed by atoms with Crippen molar-refractivity contribution < 1.29 is 54.9 Å². The van der Waals surface area contributed by atoms with Gasteiger partial charge in [-0.15, -0.1) is 0 Å². The van der Waals surface area contributed by atoms with Crippen molar-refractivity contribution in [2.45, 2.75) is 56.1 Å². The molecule has 24 heavy (non-hydrogen) atoms. The maximum absolute atomic E-state index is 11.9. The molecule has 1 heterocycles. The number of aliphatic carboxylic acids is 2. The summed E-state index contributed by atoms with van der Waals surface area (Å²) < 4.78 is 4.85. The molecule has 1 aliphatic rings. The molecule has 11 heteroatoms. The van der Waals surface area contributed by atoms with Crippen LogP contribution in [0.2, 0.25) is 0 Å². The second-order valence-corrected chi connectivity index (χ2v) is 5.74. The van der Waals surface area contributed by atoms with E-state index in [1.54, 1.807) is 0 Å². The molecule has 0 aromatic carbocycles. The molecule has 1 fully saturated rings. The largest absolute Gasteiger partial charge is 0.481 e. The van der Waals surface area contributed by atoms with E-state index in [2.05, 4.69) is 0 Å². The number of carbonyl (C=O) groups is 3. The molecule has 0 aromatic rings. The number of hydrogen-bond acceptors (Lipinski definition) is 9. The van der Waals surface area contributed by atoms with Gasteiger partial charge in [-0.05, 0) is 13.3 Å². The minimum absolute atomic E-state index is 0.606. The first kappa shape index (κ1) is 20.4. The third-order valence-electron chi connectivity index (χ3n) is 3.85. The first-order valence-corrected chi connectivity index (χ1v) is 7.01. The highest BCUT2D eigenvalue weighted by Crippen LogP contribution is 2.30. The van der Waals surface area contributed by atoms with Crippen LogP contribution in [0.5, 0.6) is 0 Å². The second-order valence-electron chi connectivity index (χ2n) is 5.74. The van der Waals surface area contributed by atoms with Gasteiger partial charge >= 0.3 is 11.9 Å². The van der Waals surface area contributed by atoms with Crippen molar-refractivity contribution in [2.24, 2.45) is 5.92 Å². The molecule has 11 nitrogen and oxygen atoms in total. The summed E-state index contributed by atoms with van der Waals surface area (Å²) >= 11 is 0. The maximum Gasteiger partial charge on any atom is 0.317 e. The van der Waals surface area contributed by atoms with Crippen molar-refractivity contribution in [2.75, 3.05) is 0 Å². The molecule has 1 unspecified atom stereocenters. The fourth-order valence-electron chi connectivity index (χ4n) is 2.33. The number of carboxylic acids is 2. The van der Waals surface area contributed by atoms with Crippen LogP contribution in [0.15, 0.2) is 0 Å². The highest BCUT2D eigenvalue weighted by molar-refractivity contribution is 5.93. The van der Waals surface area contributed by atoms with Crippen molar-refractivity contribution in [1.29, 1.82) is 0 Å². The second kappa shape index (κ2) is 7.51. The fourth-order valence-corrected chi connectivity index (χ4v) is 2.33. The lowest BCUT2D eigenvalue weighted by Crippen LogP contribution is -2.66. The minimum Gasteiger partial charge on any atom is -0.481 e. The Hall–Kier alpha value is -1.63. The summed E-state index contributed by atoms with van der Waals surface area (Å²) in [7, 11) is 0. The third kappa shape index (κ3) is 4.26. The Labute approximate surface area is 135 Å². The summed E-state index contributed by atoms with van der Waals surface area (Å²) in [5.41, 5.74) is 0. The zero-order valence-electron chi connectivity index (χ0n) is 12.6. The molecule has 0 saturated carbocycles. The quantitative estimate of drug-likeness (QED) is 0.226. The Morgan fingerprint density at radius 2 is 1.58 bits per heavy atom. The van der Waals surface area contributed by atoms with Gasteiger partial charge < -0.3 is 40.5 Å². The number of rotatable bonds is 7. The lowest BCUT2D eigenvalue weighted by atomic mass is 9.88. The van der Waals surface area contributed by atoms with Gasteiger partial charge in [0.1, 0.15) is 30.5 Å². The van der Waals surface area contributed by atoms with Gasteiger partial charge in [0, 0.05) is 6.42 Å². The Bertz CT molecular complexity index is 488. The number of aliphatic hydroxyl groups is 5. The van der Waals surface area contributed by atoms with Crippen LogP contribution < -0.4 is 0 Å². The molecule has 7 N–H and O–H groups in total. The summed E-state index contributed by atoms with van der Waals surface area (Å²) in [6.45, 7) is 0.946. The van der Waals surface area contributed by atoms with E-state index in [1.807, 2.05) is 0 Å². The predicted octanol–water partition coefficient (Wildman–Crippen LogP) is -3.33. The van der Waals surface area contributed by atoms with Crippen LogP contribution in [0.1, 0.15) is 19.8 Å². The van der Waals surface area contributed by atoms with Gasteiger partial charge in [0.05, 0.1) is 0 Å². The minimum atomic E-state index is -2.35. The van der Waals surface area contributed by atoms with E-state index in [0.717, 1.165) is 6.92 Å². The number of ether oxygens (including phenoxy) is 1. The molecule has 0 bridgehead atoms. The van der Waals surface area contributed by atoms with Gasteiger partial charge in [-0.25, -0.2) is 0 Å². The van der Waals surface area contributed by atoms with E-state index < -0.39 is 72.8 Å². The average Bonchev–Trinajstić information content (AvgIpc) is 2.47. The Morgan fingerprint density at radius 1 is 1.08 bits per heavy atom. The molecule has 6 atom stereocenters.